The van der Waals surface area contributed by atoms with Crippen molar-refractivity contribution >= 4 is 13.7 Å². The molecule has 0 aliphatic rings. The predicted molar refractivity (Wildman–Crippen MR) is 205 cm³/mol. The fourth-order valence-electron chi connectivity index (χ4n) is 5.92. The van der Waals surface area contributed by atoms with Gasteiger partial charge in [0.25, 0.3) is 7.82 Å². The minimum atomic E-state index is -4.57. The van der Waals surface area contributed by atoms with E-state index in [-0.39, 0.29) is 19.1 Å². The fourth-order valence-corrected chi connectivity index (χ4v) is 6.64. The molecule has 3 unspecified atom stereocenters. The Morgan fingerprint density at radius 3 is 1.53 bits per heavy atom. The first-order valence-corrected chi connectivity index (χ1v) is 22.0. The van der Waals surface area contributed by atoms with E-state index in [0.29, 0.717) is 17.4 Å². The topological polar surface area (TPSA) is 108 Å². The number of phosphoric acid groups is 1. The first-order chi connectivity index (χ1) is 23.5. The van der Waals surface area contributed by atoms with Crippen LogP contribution in [0.15, 0.2) is 12.2 Å². The molecule has 2 N–H and O–H groups in total. The van der Waals surface area contributed by atoms with Crippen LogP contribution in [0.5, 0.6) is 0 Å². The number of unbranched alkanes of at least 4 members (excludes halogenated alkanes) is 24. The van der Waals surface area contributed by atoms with Gasteiger partial charge in [0.2, 0.25) is 5.91 Å². The number of rotatable bonds is 37. The van der Waals surface area contributed by atoms with Crippen molar-refractivity contribution in [3.8, 4) is 0 Å². The second-order valence-electron chi connectivity index (χ2n) is 15.4. The number of hydrogen-bond donors (Lipinski definition) is 2. The first kappa shape index (κ1) is 48.2. The second kappa shape index (κ2) is 33.1. The minimum Gasteiger partial charge on any atom is -0.756 e. The summed E-state index contributed by atoms with van der Waals surface area (Å²) < 4.78 is 23.1. The summed E-state index contributed by atoms with van der Waals surface area (Å²) in [7, 11) is 1.27. The molecule has 0 radical (unpaired) electrons. The van der Waals surface area contributed by atoms with Gasteiger partial charge < -0.3 is 28.8 Å². The molecule has 0 saturated heterocycles. The standard InChI is InChI=1S/C40H81N2O6P/c1-6-8-10-12-14-16-18-20-21-22-23-25-27-29-31-33-39(43)38(37-48-49(45,46)47-36-35-42(3,4)5)41-40(44)34-32-30-28-26-24-19-17-15-13-11-9-7-2/h31,33,38-39,43H,6-30,32,34-37H2,1-5H3,(H-,41,44,45,46)/b33-31+. The van der Waals surface area contributed by atoms with Crippen LogP contribution in [0.4, 0.5) is 0 Å². The minimum absolute atomic E-state index is 0.00183. The van der Waals surface area contributed by atoms with E-state index in [1.807, 2.05) is 27.2 Å². The third-order valence-corrected chi connectivity index (χ3v) is 10.2. The summed E-state index contributed by atoms with van der Waals surface area (Å²) in [6.45, 7) is 4.64. The number of carbonyl (C=O) groups excluding carboxylic acids is 1. The molecule has 0 fully saturated rings. The molecular weight excluding hydrogens is 635 g/mol. The zero-order valence-corrected chi connectivity index (χ0v) is 33.8. The summed E-state index contributed by atoms with van der Waals surface area (Å²) in [4.78, 5) is 25.2. The van der Waals surface area contributed by atoms with Crippen molar-refractivity contribution in [1.29, 1.82) is 0 Å². The number of likely N-dealkylation sites (N-methyl/N-ethyl adjacent to an activating group) is 1. The van der Waals surface area contributed by atoms with Crippen molar-refractivity contribution in [2.75, 3.05) is 40.9 Å². The van der Waals surface area contributed by atoms with Crippen molar-refractivity contribution < 1.29 is 32.9 Å². The number of quaternary nitrogens is 1. The largest absolute Gasteiger partial charge is 0.756 e. The maximum atomic E-state index is 12.8. The molecular formula is C40H81N2O6P. The third-order valence-electron chi connectivity index (χ3n) is 9.25. The van der Waals surface area contributed by atoms with Crippen LogP contribution < -0.4 is 10.2 Å². The number of nitrogens with zero attached hydrogens (tertiary/aromatic N) is 1. The van der Waals surface area contributed by atoms with Crippen molar-refractivity contribution in [2.45, 2.75) is 199 Å². The van der Waals surface area contributed by atoms with Crippen LogP contribution in [0.2, 0.25) is 0 Å². The van der Waals surface area contributed by atoms with Crippen molar-refractivity contribution in [3.63, 3.8) is 0 Å². The molecule has 0 aromatic heterocycles. The number of amides is 1. The first-order valence-electron chi connectivity index (χ1n) is 20.6. The fraction of sp³-hybridized carbons (Fsp3) is 0.925. The summed E-state index contributed by atoms with van der Waals surface area (Å²) >= 11 is 0. The Morgan fingerprint density at radius 2 is 1.10 bits per heavy atom. The summed E-state index contributed by atoms with van der Waals surface area (Å²) in [5.74, 6) is -0.198. The van der Waals surface area contributed by atoms with E-state index >= 15 is 0 Å². The maximum Gasteiger partial charge on any atom is 0.268 e. The highest BCUT2D eigenvalue weighted by atomic mass is 31.2. The van der Waals surface area contributed by atoms with Gasteiger partial charge in [-0.25, -0.2) is 0 Å². The van der Waals surface area contributed by atoms with E-state index in [1.54, 1.807) is 6.08 Å². The number of carbonyl (C=O) groups is 1. The zero-order valence-electron chi connectivity index (χ0n) is 32.9. The Morgan fingerprint density at radius 1 is 0.694 bits per heavy atom. The lowest BCUT2D eigenvalue weighted by Crippen LogP contribution is -2.45. The van der Waals surface area contributed by atoms with Gasteiger partial charge in [-0.05, 0) is 19.3 Å². The van der Waals surface area contributed by atoms with Gasteiger partial charge in [0.1, 0.15) is 13.2 Å². The number of phosphoric ester groups is 1. The van der Waals surface area contributed by atoms with E-state index in [4.69, 9.17) is 9.05 Å². The quantitative estimate of drug-likeness (QED) is 0.0287. The van der Waals surface area contributed by atoms with Crippen molar-refractivity contribution in [1.82, 2.24) is 5.32 Å². The van der Waals surface area contributed by atoms with E-state index in [9.17, 15) is 19.4 Å². The van der Waals surface area contributed by atoms with Crippen LogP contribution in [-0.2, 0) is 18.4 Å². The number of allylic oxidation sites excluding steroid dienone is 1. The Hall–Kier alpha value is -0.760. The van der Waals surface area contributed by atoms with E-state index in [2.05, 4.69) is 19.2 Å². The maximum absolute atomic E-state index is 12.8. The van der Waals surface area contributed by atoms with E-state index in [0.717, 1.165) is 38.5 Å². The van der Waals surface area contributed by atoms with Crippen molar-refractivity contribution in [3.05, 3.63) is 12.2 Å². The molecule has 0 aliphatic carbocycles. The van der Waals surface area contributed by atoms with Gasteiger partial charge in [-0.3, -0.25) is 9.36 Å². The Labute approximate surface area is 303 Å². The van der Waals surface area contributed by atoms with Crippen LogP contribution in [0, 0.1) is 0 Å². The molecule has 0 aromatic rings. The molecule has 0 saturated carbocycles. The molecule has 292 valence electrons. The lowest BCUT2D eigenvalue weighted by molar-refractivity contribution is -0.870. The Kier molecular flexibility index (Phi) is 32.6. The molecule has 0 bridgehead atoms. The predicted octanol–water partition coefficient (Wildman–Crippen LogP) is 10.2. The van der Waals surface area contributed by atoms with Gasteiger partial charge in [-0.2, -0.15) is 0 Å². The molecule has 9 heteroatoms. The van der Waals surface area contributed by atoms with Gasteiger partial charge in [0, 0.05) is 6.42 Å². The molecule has 1 amide bonds. The molecule has 3 atom stereocenters. The highest BCUT2D eigenvalue weighted by Gasteiger charge is 2.23. The monoisotopic (exact) mass is 717 g/mol. The molecule has 0 aromatic carbocycles. The van der Waals surface area contributed by atoms with E-state index in [1.165, 1.54) is 128 Å². The normalized spacial score (nSPS) is 14.7. The molecule has 49 heavy (non-hydrogen) atoms. The van der Waals surface area contributed by atoms with Crippen LogP contribution in [0.25, 0.3) is 0 Å². The van der Waals surface area contributed by atoms with Gasteiger partial charge in [0.05, 0.1) is 39.9 Å². The SMILES string of the molecule is CCCCCCCCCCCCCCC/C=C/C(O)C(COP(=O)([O-])OCC[N+](C)(C)C)NC(=O)CCCCCCCCCCCCCC. The molecule has 0 rings (SSSR count). The zero-order chi connectivity index (χ0) is 36.5. The number of aliphatic hydroxyl groups excluding tert-OH is 1. The smallest absolute Gasteiger partial charge is 0.268 e. The van der Waals surface area contributed by atoms with Crippen LogP contribution in [-0.4, -0.2) is 68.5 Å². The lowest BCUT2D eigenvalue weighted by Gasteiger charge is -2.29. The number of nitrogens with one attached hydrogen (secondary N) is 1. The lowest BCUT2D eigenvalue weighted by atomic mass is 10.0. The summed E-state index contributed by atoms with van der Waals surface area (Å²) in [5.41, 5.74) is 0. The van der Waals surface area contributed by atoms with Crippen molar-refractivity contribution in [2.24, 2.45) is 0 Å². The average Bonchev–Trinajstić information content (AvgIpc) is 3.04. The van der Waals surface area contributed by atoms with E-state index < -0.39 is 20.0 Å². The summed E-state index contributed by atoms with van der Waals surface area (Å²) in [6.07, 6.45) is 35.3. The number of hydrogen-bond acceptors (Lipinski definition) is 6. The average molecular weight is 717 g/mol. The van der Waals surface area contributed by atoms with Gasteiger partial charge in [-0.1, -0.05) is 174 Å². The van der Waals surface area contributed by atoms with Gasteiger partial charge in [-0.15, -0.1) is 0 Å². The second-order valence-corrected chi connectivity index (χ2v) is 16.8. The van der Waals surface area contributed by atoms with Crippen LogP contribution in [0.3, 0.4) is 0 Å². The highest BCUT2D eigenvalue weighted by molar-refractivity contribution is 7.45. The molecule has 0 aliphatic heterocycles. The Bertz CT molecular complexity index is 819. The number of aliphatic hydroxyl groups is 1. The Balaban J connectivity index is 4.48. The highest BCUT2D eigenvalue weighted by Crippen LogP contribution is 2.38. The summed E-state index contributed by atoms with van der Waals surface area (Å²) in [5, 5.41) is 13.7. The molecule has 0 spiro atoms. The van der Waals surface area contributed by atoms with Gasteiger partial charge >= 0.3 is 0 Å². The van der Waals surface area contributed by atoms with Crippen LogP contribution >= 0.6 is 7.82 Å². The third kappa shape index (κ3) is 35.4. The van der Waals surface area contributed by atoms with Gasteiger partial charge in [0.15, 0.2) is 0 Å². The summed E-state index contributed by atoms with van der Waals surface area (Å²) in [6, 6.07) is -0.878. The van der Waals surface area contributed by atoms with Crippen LogP contribution in [0.1, 0.15) is 187 Å². The molecule has 0 heterocycles. The molecule has 8 nitrogen and oxygen atoms in total.